The highest BCUT2D eigenvalue weighted by Crippen LogP contribution is 2.22. The van der Waals surface area contributed by atoms with E-state index in [1.165, 1.54) is 12.8 Å². The molecule has 2 rings (SSSR count). The Morgan fingerprint density at radius 3 is 3.06 bits per heavy atom. The van der Waals surface area contributed by atoms with Crippen LogP contribution in [-0.2, 0) is 4.74 Å². The fourth-order valence-corrected chi connectivity index (χ4v) is 3.16. The molecule has 0 bridgehead atoms. The minimum Gasteiger partial charge on any atom is -0.387 e. The van der Waals surface area contributed by atoms with Gasteiger partial charge in [-0.05, 0) is 35.2 Å². The van der Waals surface area contributed by atoms with Crippen molar-refractivity contribution in [2.75, 3.05) is 13.7 Å². The molecule has 0 spiro atoms. The van der Waals surface area contributed by atoms with Crippen LogP contribution in [0, 0.1) is 0 Å². The Balaban J connectivity index is 1.80. The highest BCUT2D eigenvalue weighted by molar-refractivity contribution is 7.07. The summed E-state index contributed by atoms with van der Waals surface area (Å²) in [6.45, 7) is 0.612. The molecule has 3 unspecified atom stereocenters. The summed E-state index contributed by atoms with van der Waals surface area (Å²) < 4.78 is 5.48. The van der Waals surface area contributed by atoms with Gasteiger partial charge in [0, 0.05) is 19.7 Å². The van der Waals surface area contributed by atoms with Crippen molar-refractivity contribution in [1.82, 2.24) is 5.32 Å². The third kappa shape index (κ3) is 3.52. The molecule has 0 saturated heterocycles. The number of hydrogen-bond acceptors (Lipinski definition) is 4. The van der Waals surface area contributed by atoms with Crippen LogP contribution in [0.1, 0.15) is 37.4 Å². The maximum atomic E-state index is 10.0. The van der Waals surface area contributed by atoms with Gasteiger partial charge >= 0.3 is 0 Å². The van der Waals surface area contributed by atoms with Crippen LogP contribution in [0.5, 0.6) is 0 Å². The first-order valence-electron chi connectivity index (χ1n) is 6.27. The zero-order valence-electron chi connectivity index (χ0n) is 10.3. The molecule has 17 heavy (non-hydrogen) atoms. The van der Waals surface area contributed by atoms with Crippen molar-refractivity contribution in [2.45, 2.75) is 43.9 Å². The van der Waals surface area contributed by atoms with Crippen LogP contribution in [0.3, 0.4) is 0 Å². The predicted octanol–water partition coefficient (Wildman–Crippen LogP) is 2.33. The lowest BCUT2D eigenvalue weighted by Gasteiger charge is -2.31. The molecule has 0 aliphatic heterocycles. The number of rotatable bonds is 5. The Labute approximate surface area is 107 Å². The zero-order valence-corrected chi connectivity index (χ0v) is 11.1. The summed E-state index contributed by atoms with van der Waals surface area (Å²) in [5.74, 6) is 0. The van der Waals surface area contributed by atoms with Crippen molar-refractivity contribution < 1.29 is 9.84 Å². The van der Waals surface area contributed by atoms with Gasteiger partial charge in [-0.1, -0.05) is 12.8 Å². The van der Waals surface area contributed by atoms with Crippen LogP contribution < -0.4 is 5.32 Å². The van der Waals surface area contributed by atoms with E-state index < -0.39 is 6.10 Å². The summed E-state index contributed by atoms with van der Waals surface area (Å²) in [7, 11) is 1.78. The Bertz CT molecular complexity index is 315. The Hall–Kier alpha value is -0.420. The molecule has 1 heterocycles. The van der Waals surface area contributed by atoms with Gasteiger partial charge in [-0.25, -0.2) is 0 Å². The largest absolute Gasteiger partial charge is 0.387 e. The summed E-state index contributed by atoms with van der Waals surface area (Å²) in [6, 6.07) is 2.37. The summed E-state index contributed by atoms with van der Waals surface area (Å²) >= 11 is 1.62. The quantitative estimate of drug-likeness (QED) is 0.848. The molecule has 2 N–H and O–H groups in total. The topological polar surface area (TPSA) is 41.5 Å². The molecule has 1 saturated carbocycles. The van der Waals surface area contributed by atoms with E-state index in [0.717, 1.165) is 18.4 Å². The number of methoxy groups -OCH3 is 1. The second-order valence-corrected chi connectivity index (χ2v) is 5.43. The van der Waals surface area contributed by atoms with Gasteiger partial charge in [-0.2, -0.15) is 11.3 Å². The van der Waals surface area contributed by atoms with E-state index >= 15 is 0 Å². The normalized spacial score (nSPS) is 26.9. The number of nitrogens with one attached hydrogen (secondary N) is 1. The van der Waals surface area contributed by atoms with Crippen LogP contribution in [0.4, 0.5) is 0 Å². The summed E-state index contributed by atoms with van der Waals surface area (Å²) in [4.78, 5) is 0. The maximum absolute atomic E-state index is 10.0. The van der Waals surface area contributed by atoms with Crippen LogP contribution in [0.15, 0.2) is 16.8 Å². The minimum absolute atomic E-state index is 0.304. The van der Waals surface area contributed by atoms with Gasteiger partial charge in [0.1, 0.15) is 0 Å². The molecule has 1 aliphatic carbocycles. The monoisotopic (exact) mass is 255 g/mol. The molecule has 0 aromatic carbocycles. The first-order chi connectivity index (χ1) is 8.31. The highest BCUT2D eigenvalue weighted by Gasteiger charge is 2.25. The molecule has 1 fully saturated rings. The number of aliphatic hydroxyl groups excluding tert-OH is 1. The van der Waals surface area contributed by atoms with Crippen molar-refractivity contribution in [2.24, 2.45) is 0 Å². The van der Waals surface area contributed by atoms with Gasteiger partial charge in [-0.15, -0.1) is 0 Å². The van der Waals surface area contributed by atoms with Crippen LogP contribution in [-0.4, -0.2) is 30.9 Å². The highest BCUT2D eigenvalue weighted by atomic mass is 32.1. The SMILES string of the molecule is COC1CCCCC1NCC(O)c1ccsc1. The Morgan fingerprint density at radius 1 is 1.53 bits per heavy atom. The molecule has 0 radical (unpaired) electrons. The van der Waals surface area contributed by atoms with Gasteiger partial charge in [0.05, 0.1) is 12.2 Å². The second-order valence-electron chi connectivity index (χ2n) is 4.65. The number of ether oxygens (including phenoxy) is 1. The van der Waals surface area contributed by atoms with Crippen LogP contribution in [0.2, 0.25) is 0 Å². The molecular weight excluding hydrogens is 234 g/mol. The fraction of sp³-hybridized carbons (Fsp3) is 0.692. The van der Waals surface area contributed by atoms with Crippen molar-refractivity contribution in [3.8, 4) is 0 Å². The average Bonchev–Trinajstić information content (AvgIpc) is 2.90. The van der Waals surface area contributed by atoms with Crippen molar-refractivity contribution in [3.05, 3.63) is 22.4 Å². The average molecular weight is 255 g/mol. The molecule has 0 amide bonds. The standard InChI is InChI=1S/C13H21NO2S/c1-16-13-5-3-2-4-11(13)14-8-12(15)10-6-7-17-9-10/h6-7,9,11-15H,2-5,8H2,1H3. The van der Waals surface area contributed by atoms with E-state index in [1.807, 2.05) is 16.8 Å². The van der Waals surface area contributed by atoms with E-state index in [9.17, 15) is 5.11 Å². The Morgan fingerprint density at radius 2 is 2.35 bits per heavy atom. The van der Waals surface area contributed by atoms with E-state index in [4.69, 9.17) is 4.74 Å². The smallest absolute Gasteiger partial charge is 0.0922 e. The lowest BCUT2D eigenvalue weighted by molar-refractivity contribution is 0.0365. The van der Waals surface area contributed by atoms with Gasteiger partial charge in [0.2, 0.25) is 0 Å². The number of thiophene rings is 1. The number of aliphatic hydroxyl groups is 1. The van der Waals surface area contributed by atoms with Gasteiger partial charge in [0.15, 0.2) is 0 Å². The predicted molar refractivity (Wildman–Crippen MR) is 70.3 cm³/mol. The van der Waals surface area contributed by atoms with Crippen molar-refractivity contribution in [3.63, 3.8) is 0 Å². The summed E-state index contributed by atoms with van der Waals surface area (Å²) in [5.41, 5.74) is 1.01. The van der Waals surface area contributed by atoms with E-state index in [1.54, 1.807) is 18.4 Å². The third-order valence-electron chi connectivity index (χ3n) is 3.51. The summed E-state index contributed by atoms with van der Waals surface area (Å²) in [6.07, 6.45) is 4.69. The fourth-order valence-electron chi connectivity index (χ4n) is 2.46. The number of hydrogen-bond donors (Lipinski definition) is 2. The van der Waals surface area contributed by atoms with E-state index in [-0.39, 0.29) is 0 Å². The molecule has 96 valence electrons. The molecule has 3 nitrogen and oxygen atoms in total. The Kier molecular flexibility index (Phi) is 4.98. The maximum Gasteiger partial charge on any atom is 0.0922 e. The third-order valence-corrected chi connectivity index (χ3v) is 4.21. The van der Waals surface area contributed by atoms with Crippen LogP contribution >= 0.6 is 11.3 Å². The van der Waals surface area contributed by atoms with Crippen LogP contribution in [0.25, 0.3) is 0 Å². The molecule has 1 aromatic rings. The first kappa shape index (κ1) is 13.0. The van der Waals surface area contributed by atoms with Crippen molar-refractivity contribution >= 4 is 11.3 Å². The molecule has 1 aromatic heterocycles. The molecule has 3 atom stereocenters. The zero-order chi connectivity index (χ0) is 12.1. The van der Waals surface area contributed by atoms with Gasteiger partial charge < -0.3 is 15.2 Å². The van der Waals surface area contributed by atoms with Gasteiger partial charge in [0.25, 0.3) is 0 Å². The molecular formula is C13H21NO2S. The molecule has 1 aliphatic rings. The lowest BCUT2D eigenvalue weighted by atomic mass is 9.92. The summed E-state index contributed by atoms with van der Waals surface area (Å²) in [5, 5.41) is 17.4. The van der Waals surface area contributed by atoms with Crippen molar-refractivity contribution in [1.29, 1.82) is 0 Å². The minimum atomic E-state index is -0.402. The molecule has 4 heteroatoms. The van der Waals surface area contributed by atoms with E-state index in [2.05, 4.69) is 5.32 Å². The van der Waals surface area contributed by atoms with E-state index in [0.29, 0.717) is 18.7 Å². The lowest BCUT2D eigenvalue weighted by Crippen LogP contribution is -2.44. The second kappa shape index (κ2) is 6.50. The first-order valence-corrected chi connectivity index (χ1v) is 7.22. The van der Waals surface area contributed by atoms with Gasteiger partial charge in [-0.3, -0.25) is 0 Å².